The first-order chi connectivity index (χ1) is 13.8. The van der Waals surface area contributed by atoms with Crippen LogP contribution in [-0.4, -0.2) is 26.4 Å². The van der Waals surface area contributed by atoms with Gasteiger partial charge in [-0.05, 0) is 41.2 Å². The van der Waals surface area contributed by atoms with E-state index in [0.29, 0.717) is 0 Å². The summed E-state index contributed by atoms with van der Waals surface area (Å²) in [5, 5.41) is 0.245. The highest BCUT2D eigenvalue weighted by Crippen LogP contribution is 2.36. The third kappa shape index (κ3) is 5.60. The van der Waals surface area contributed by atoms with Crippen LogP contribution < -0.4 is 0 Å². The van der Waals surface area contributed by atoms with Crippen molar-refractivity contribution < 1.29 is 4.43 Å². The highest BCUT2D eigenvalue weighted by molar-refractivity contribution is 6.74. The normalized spacial score (nSPS) is 17.3. The van der Waals surface area contributed by atoms with Crippen LogP contribution in [0.1, 0.15) is 49.9 Å². The van der Waals surface area contributed by atoms with E-state index in [4.69, 9.17) is 4.43 Å². The molecule has 1 atom stereocenters. The Hall–Kier alpha value is -1.86. The fraction of sp³-hybridized carbons (Fsp3) is 0.462. The summed E-state index contributed by atoms with van der Waals surface area (Å²) in [5.74, 6) is 7.03. The summed E-state index contributed by atoms with van der Waals surface area (Å²) in [6, 6.07) is 19.7. The molecule has 0 unspecified atom stereocenters. The molecule has 0 fully saturated rings. The van der Waals surface area contributed by atoms with Crippen molar-refractivity contribution in [3.05, 3.63) is 71.3 Å². The quantitative estimate of drug-likeness (QED) is 0.333. The SMILES string of the molecule is CC(C)(C)[Si](C)(C)OCCC#C[C@@H]1c2ccccc2CCN1Cc1ccccc1. The van der Waals surface area contributed by atoms with Gasteiger partial charge in [0.2, 0.25) is 0 Å². The molecular weight excluding hydrogens is 370 g/mol. The van der Waals surface area contributed by atoms with E-state index in [2.05, 4.69) is 105 Å². The fourth-order valence-corrected chi connectivity index (χ4v) is 4.56. The highest BCUT2D eigenvalue weighted by Gasteiger charge is 2.36. The van der Waals surface area contributed by atoms with Gasteiger partial charge >= 0.3 is 0 Å². The molecule has 154 valence electrons. The van der Waals surface area contributed by atoms with Crippen LogP contribution in [0.4, 0.5) is 0 Å². The van der Waals surface area contributed by atoms with Gasteiger partial charge in [-0.1, -0.05) is 87.2 Å². The van der Waals surface area contributed by atoms with E-state index in [-0.39, 0.29) is 11.1 Å². The molecule has 3 heteroatoms. The molecule has 0 saturated heterocycles. The van der Waals surface area contributed by atoms with Crippen molar-refractivity contribution in [3.8, 4) is 11.8 Å². The molecule has 0 radical (unpaired) electrons. The molecule has 1 heterocycles. The Morgan fingerprint density at radius 1 is 1.03 bits per heavy atom. The molecule has 2 nitrogen and oxygen atoms in total. The largest absolute Gasteiger partial charge is 0.416 e. The Labute approximate surface area is 178 Å². The second kappa shape index (κ2) is 9.30. The average molecular weight is 406 g/mol. The fourth-order valence-electron chi connectivity index (χ4n) is 3.52. The van der Waals surface area contributed by atoms with E-state index in [1.54, 1.807) is 0 Å². The lowest BCUT2D eigenvalue weighted by molar-refractivity contribution is 0.216. The Morgan fingerprint density at radius 3 is 2.45 bits per heavy atom. The van der Waals surface area contributed by atoms with Crippen molar-refractivity contribution in [3.63, 3.8) is 0 Å². The lowest BCUT2D eigenvalue weighted by atomic mass is 9.92. The number of rotatable bonds is 5. The summed E-state index contributed by atoms with van der Waals surface area (Å²) in [7, 11) is -1.69. The van der Waals surface area contributed by atoms with Crippen molar-refractivity contribution in [2.24, 2.45) is 0 Å². The summed E-state index contributed by atoms with van der Waals surface area (Å²) in [4.78, 5) is 2.51. The molecule has 0 aromatic heterocycles. The number of nitrogens with zero attached hydrogens (tertiary/aromatic N) is 1. The zero-order chi connectivity index (χ0) is 20.9. The molecule has 29 heavy (non-hydrogen) atoms. The van der Waals surface area contributed by atoms with Crippen molar-refractivity contribution in [2.45, 2.75) is 64.3 Å². The summed E-state index contributed by atoms with van der Waals surface area (Å²) in [6.45, 7) is 14.2. The van der Waals surface area contributed by atoms with E-state index >= 15 is 0 Å². The van der Waals surface area contributed by atoms with Gasteiger partial charge < -0.3 is 4.43 Å². The maximum absolute atomic E-state index is 6.30. The molecule has 0 spiro atoms. The first-order valence-corrected chi connectivity index (χ1v) is 13.7. The van der Waals surface area contributed by atoms with Gasteiger partial charge in [-0.15, -0.1) is 0 Å². The number of benzene rings is 2. The smallest absolute Gasteiger partial charge is 0.192 e. The van der Waals surface area contributed by atoms with Crippen LogP contribution in [-0.2, 0) is 17.4 Å². The van der Waals surface area contributed by atoms with Gasteiger partial charge in [0.05, 0.1) is 6.04 Å². The Balaban J connectivity index is 1.71. The topological polar surface area (TPSA) is 12.5 Å². The van der Waals surface area contributed by atoms with Gasteiger partial charge in [0.25, 0.3) is 0 Å². The summed E-state index contributed by atoms with van der Waals surface area (Å²) >= 11 is 0. The number of hydrogen-bond donors (Lipinski definition) is 0. The first kappa shape index (κ1) is 21.8. The van der Waals surface area contributed by atoms with Crippen LogP contribution >= 0.6 is 0 Å². The van der Waals surface area contributed by atoms with Crippen molar-refractivity contribution in [1.29, 1.82) is 0 Å². The molecule has 0 aliphatic carbocycles. The van der Waals surface area contributed by atoms with Crippen LogP contribution in [0, 0.1) is 11.8 Å². The average Bonchev–Trinajstić information content (AvgIpc) is 2.69. The highest BCUT2D eigenvalue weighted by atomic mass is 28.4. The van der Waals surface area contributed by atoms with Gasteiger partial charge in [-0.25, -0.2) is 0 Å². The molecule has 0 bridgehead atoms. The van der Waals surface area contributed by atoms with Crippen LogP contribution in [0.2, 0.25) is 18.1 Å². The predicted molar refractivity (Wildman–Crippen MR) is 125 cm³/mol. The molecule has 2 aromatic rings. The van der Waals surface area contributed by atoms with Crippen molar-refractivity contribution in [1.82, 2.24) is 4.90 Å². The Kier molecular flexibility index (Phi) is 7.00. The van der Waals surface area contributed by atoms with Crippen LogP contribution in [0.3, 0.4) is 0 Å². The number of fused-ring (bicyclic) bond motifs is 1. The van der Waals surface area contributed by atoms with Crippen LogP contribution in [0.25, 0.3) is 0 Å². The van der Waals surface area contributed by atoms with Gasteiger partial charge in [0.1, 0.15) is 0 Å². The lowest BCUT2D eigenvalue weighted by Gasteiger charge is -2.36. The number of hydrogen-bond acceptors (Lipinski definition) is 2. The lowest BCUT2D eigenvalue weighted by Crippen LogP contribution is -2.40. The zero-order valence-corrected chi connectivity index (χ0v) is 19.7. The second-order valence-corrected chi connectivity index (χ2v) is 14.3. The summed E-state index contributed by atoms with van der Waals surface area (Å²) in [5.41, 5.74) is 4.15. The van der Waals surface area contributed by atoms with Gasteiger partial charge in [0.15, 0.2) is 8.32 Å². The molecule has 0 saturated carbocycles. The standard InChI is InChI=1S/C26H35NOSi/c1-26(2,3)29(4,5)28-20-12-11-17-25-24-16-10-9-15-23(24)18-19-27(25)21-22-13-7-6-8-14-22/h6-10,13-16,25H,12,18-21H2,1-5H3/t25-/m1/s1. The predicted octanol–water partition coefficient (Wildman–Crippen LogP) is 6.20. The molecule has 1 aliphatic heterocycles. The molecule has 2 aromatic carbocycles. The minimum absolute atomic E-state index is 0.160. The molecular formula is C26H35NOSi. The van der Waals surface area contributed by atoms with Gasteiger partial charge in [-0.3, -0.25) is 4.90 Å². The maximum Gasteiger partial charge on any atom is 0.192 e. The van der Waals surface area contributed by atoms with E-state index in [9.17, 15) is 0 Å². The molecule has 0 amide bonds. The minimum Gasteiger partial charge on any atom is -0.416 e. The van der Waals surface area contributed by atoms with Crippen LogP contribution in [0.5, 0.6) is 0 Å². The monoisotopic (exact) mass is 405 g/mol. The van der Waals surface area contributed by atoms with E-state index in [1.807, 2.05) is 0 Å². The maximum atomic E-state index is 6.30. The summed E-state index contributed by atoms with van der Waals surface area (Å²) < 4.78 is 6.30. The molecule has 0 N–H and O–H groups in total. The Bertz CT molecular complexity index is 858. The van der Waals surface area contributed by atoms with E-state index in [1.165, 1.54) is 16.7 Å². The van der Waals surface area contributed by atoms with E-state index < -0.39 is 8.32 Å². The summed E-state index contributed by atoms with van der Waals surface area (Å²) in [6.07, 6.45) is 1.89. The van der Waals surface area contributed by atoms with Gasteiger partial charge in [-0.2, -0.15) is 0 Å². The van der Waals surface area contributed by atoms with Crippen molar-refractivity contribution in [2.75, 3.05) is 13.2 Å². The van der Waals surface area contributed by atoms with Crippen LogP contribution in [0.15, 0.2) is 54.6 Å². The molecule has 3 rings (SSSR count). The van der Waals surface area contributed by atoms with Gasteiger partial charge in [0, 0.05) is 26.1 Å². The molecule has 1 aliphatic rings. The van der Waals surface area contributed by atoms with Crippen molar-refractivity contribution >= 4 is 8.32 Å². The second-order valence-electron chi connectivity index (χ2n) is 9.49. The van der Waals surface area contributed by atoms with E-state index in [0.717, 1.165) is 32.5 Å². The minimum atomic E-state index is -1.69. The first-order valence-electron chi connectivity index (χ1n) is 10.8. The Morgan fingerprint density at radius 2 is 1.72 bits per heavy atom. The zero-order valence-electron chi connectivity index (χ0n) is 18.7. The third-order valence-electron chi connectivity index (χ3n) is 6.35. The third-order valence-corrected chi connectivity index (χ3v) is 10.9.